The molecular weight excluding hydrogens is 427 g/mol. The van der Waals surface area contributed by atoms with Crippen LogP contribution in [0.2, 0.25) is 0 Å². The molecule has 0 radical (unpaired) electrons. The van der Waals surface area contributed by atoms with Gasteiger partial charge in [-0.3, -0.25) is 9.52 Å². The van der Waals surface area contributed by atoms with E-state index in [0.29, 0.717) is 11.8 Å². The summed E-state index contributed by atoms with van der Waals surface area (Å²) >= 11 is 0. The van der Waals surface area contributed by atoms with Crippen LogP contribution in [0, 0.1) is 10.3 Å². The summed E-state index contributed by atoms with van der Waals surface area (Å²) in [6.07, 6.45) is -5.11. The Hall–Kier alpha value is -3.15. The van der Waals surface area contributed by atoms with Crippen molar-refractivity contribution in [2.24, 2.45) is 10.6 Å². The van der Waals surface area contributed by atoms with Crippen LogP contribution in [0.4, 0.5) is 30.2 Å². The molecule has 1 amide bonds. The molecule has 0 bridgehead atoms. The number of hydrogen-bond acceptors (Lipinski definition) is 6. The number of phenols is 1. The van der Waals surface area contributed by atoms with Crippen molar-refractivity contribution < 1.29 is 31.5 Å². The van der Waals surface area contributed by atoms with Crippen LogP contribution < -0.4 is 10.0 Å². The Morgan fingerprint density at radius 2 is 1.57 bits per heavy atom. The van der Waals surface area contributed by atoms with Gasteiger partial charge in [0.05, 0.1) is 4.90 Å². The van der Waals surface area contributed by atoms with Gasteiger partial charge in [-0.15, -0.1) is 4.91 Å². The minimum atomic E-state index is -5.11. The molecule has 2 rings (SSSR count). The van der Waals surface area contributed by atoms with Crippen molar-refractivity contribution in [2.45, 2.75) is 31.8 Å². The van der Waals surface area contributed by atoms with Gasteiger partial charge < -0.3 is 10.4 Å². The molecule has 0 unspecified atom stereocenters. The molecule has 0 fully saturated rings. The highest BCUT2D eigenvalue weighted by Crippen LogP contribution is 2.42. The Morgan fingerprint density at radius 3 is 2.03 bits per heavy atom. The van der Waals surface area contributed by atoms with Gasteiger partial charge in [0, 0.05) is 16.8 Å². The molecule has 0 aliphatic carbocycles. The second-order valence-corrected chi connectivity index (χ2v) is 9.00. The summed E-state index contributed by atoms with van der Waals surface area (Å²) in [5, 5.41) is 14.4. The third kappa shape index (κ3) is 5.26. The molecule has 0 spiro atoms. The average Bonchev–Trinajstić information content (AvgIpc) is 2.61. The predicted molar refractivity (Wildman–Crippen MR) is 104 cm³/mol. The van der Waals surface area contributed by atoms with Crippen molar-refractivity contribution >= 4 is 33.0 Å². The number of hydrogen-bond donors (Lipinski definition) is 3. The fraction of sp³-hybridized carbons (Fsp3) is 0.278. The van der Waals surface area contributed by atoms with Crippen molar-refractivity contribution in [2.75, 3.05) is 10.0 Å². The molecule has 12 heteroatoms. The molecule has 0 saturated carbocycles. The number of carbonyl (C=O) groups excluding carboxylic acids is 1. The number of rotatable bonds is 5. The van der Waals surface area contributed by atoms with E-state index in [-0.39, 0.29) is 17.7 Å². The van der Waals surface area contributed by atoms with Crippen molar-refractivity contribution in [3.8, 4) is 5.75 Å². The number of benzene rings is 2. The zero-order chi connectivity index (χ0) is 22.9. The highest BCUT2D eigenvalue weighted by molar-refractivity contribution is 7.92. The smallest absolute Gasteiger partial charge is 0.420 e. The molecular formula is C18H18F3N3O5S. The van der Waals surface area contributed by atoms with Crippen LogP contribution in [0.1, 0.15) is 26.3 Å². The lowest BCUT2D eigenvalue weighted by molar-refractivity contribution is -0.138. The molecule has 0 aromatic heterocycles. The molecule has 2 aromatic rings. The van der Waals surface area contributed by atoms with Crippen molar-refractivity contribution in [1.82, 2.24) is 0 Å². The predicted octanol–water partition coefficient (Wildman–Crippen LogP) is 4.59. The number of alkyl halides is 3. The van der Waals surface area contributed by atoms with Crippen LogP contribution >= 0.6 is 0 Å². The Morgan fingerprint density at radius 1 is 1.03 bits per heavy atom. The van der Waals surface area contributed by atoms with E-state index in [1.165, 1.54) is 24.3 Å². The maximum absolute atomic E-state index is 13.0. The molecule has 0 heterocycles. The summed E-state index contributed by atoms with van der Waals surface area (Å²) in [6, 6.07) is 6.11. The molecule has 30 heavy (non-hydrogen) atoms. The van der Waals surface area contributed by atoms with Gasteiger partial charge in [0.25, 0.3) is 10.0 Å². The van der Waals surface area contributed by atoms with Crippen molar-refractivity contribution in [3.05, 3.63) is 46.9 Å². The van der Waals surface area contributed by atoms with E-state index in [1.807, 2.05) is 0 Å². The highest BCUT2D eigenvalue weighted by Gasteiger charge is 2.37. The molecule has 0 aliphatic rings. The molecule has 162 valence electrons. The first kappa shape index (κ1) is 23.1. The summed E-state index contributed by atoms with van der Waals surface area (Å²) < 4.78 is 66.1. The van der Waals surface area contributed by atoms with E-state index in [1.54, 1.807) is 20.8 Å². The molecule has 0 atom stereocenters. The Bertz CT molecular complexity index is 1080. The largest absolute Gasteiger partial charge is 0.505 e. The maximum atomic E-state index is 13.0. The van der Waals surface area contributed by atoms with Crippen LogP contribution in [0.15, 0.2) is 46.5 Å². The quantitative estimate of drug-likeness (QED) is 0.581. The minimum Gasteiger partial charge on any atom is -0.505 e. The standard InChI is InChI=1S/C18H18F3N3O5S/c1-17(2,3)16(26)22-10-4-6-11(7-5-10)24-30(28,29)12-8-13(18(19,20)21)15(25)14(9-12)23-27/h4-9,24-25H,1-3H3,(H,22,26). The van der Waals surface area contributed by atoms with Crippen molar-refractivity contribution in [3.63, 3.8) is 0 Å². The van der Waals surface area contributed by atoms with E-state index in [2.05, 4.69) is 15.2 Å². The lowest BCUT2D eigenvalue weighted by Crippen LogP contribution is -2.27. The number of nitrogens with one attached hydrogen (secondary N) is 2. The monoisotopic (exact) mass is 445 g/mol. The summed E-state index contributed by atoms with van der Waals surface area (Å²) in [7, 11) is -4.55. The number of nitroso groups, excluding NO2 is 1. The summed E-state index contributed by atoms with van der Waals surface area (Å²) in [6.45, 7) is 5.13. The Labute approximate surface area is 170 Å². The van der Waals surface area contributed by atoms with Gasteiger partial charge in [-0.25, -0.2) is 8.42 Å². The van der Waals surface area contributed by atoms with Crippen LogP contribution in [-0.2, 0) is 21.0 Å². The van der Waals surface area contributed by atoms with Gasteiger partial charge in [-0.2, -0.15) is 13.2 Å². The first-order valence-corrected chi connectivity index (χ1v) is 9.85. The van der Waals surface area contributed by atoms with E-state index >= 15 is 0 Å². The van der Waals surface area contributed by atoms with E-state index in [9.17, 15) is 36.4 Å². The fourth-order valence-corrected chi connectivity index (χ4v) is 3.29. The van der Waals surface area contributed by atoms with E-state index in [4.69, 9.17) is 0 Å². The number of sulfonamides is 1. The average molecular weight is 445 g/mol. The number of halogens is 3. The first-order valence-electron chi connectivity index (χ1n) is 8.37. The summed E-state index contributed by atoms with van der Waals surface area (Å²) in [5.74, 6) is -1.73. The van der Waals surface area contributed by atoms with E-state index < -0.39 is 43.5 Å². The number of carbonyl (C=O) groups is 1. The summed E-state index contributed by atoms with van der Waals surface area (Å²) in [4.78, 5) is 21.8. The topological polar surface area (TPSA) is 125 Å². The first-order chi connectivity index (χ1) is 13.6. The molecule has 2 aromatic carbocycles. The highest BCUT2D eigenvalue weighted by atomic mass is 32.2. The van der Waals surface area contributed by atoms with Gasteiger partial charge in [0.2, 0.25) is 5.91 Å². The third-order valence-electron chi connectivity index (χ3n) is 3.85. The fourth-order valence-electron chi connectivity index (χ4n) is 2.19. The van der Waals surface area contributed by atoms with Gasteiger partial charge in [-0.1, -0.05) is 20.8 Å². The number of anilines is 2. The second kappa shape index (κ2) is 7.94. The van der Waals surface area contributed by atoms with Crippen molar-refractivity contribution in [1.29, 1.82) is 0 Å². The van der Waals surface area contributed by atoms with E-state index in [0.717, 1.165) is 0 Å². The molecule has 0 aliphatic heterocycles. The summed E-state index contributed by atoms with van der Waals surface area (Å²) in [5.41, 5.74) is -3.05. The Kier molecular flexibility index (Phi) is 6.12. The molecule has 0 saturated heterocycles. The van der Waals surface area contributed by atoms with Gasteiger partial charge in [-0.05, 0) is 41.6 Å². The number of phenolic OH excluding ortho intramolecular Hbond substituents is 1. The maximum Gasteiger partial charge on any atom is 0.420 e. The molecule has 3 N–H and O–H groups in total. The SMILES string of the molecule is CC(C)(C)C(=O)Nc1ccc(NS(=O)(=O)c2cc(N=O)c(O)c(C(F)(F)F)c2)cc1. The number of aromatic hydroxyl groups is 1. The second-order valence-electron chi connectivity index (χ2n) is 7.31. The zero-order valence-electron chi connectivity index (χ0n) is 16.0. The van der Waals surface area contributed by atoms with Gasteiger partial charge in [0.1, 0.15) is 5.56 Å². The minimum absolute atomic E-state index is 0.00833. The normalized spacial score (nSPS) is 12.3. The third-order valence-corrected chi connectivity index (χ3v) is 5.21. The van der Waals surface area contributed by atoms with Crippen LogP contribution in [-0.4, -0.2) is 19.4 Å². The lowest BCUT2D eigenvalue weighted by atomic mass is 9.95. The van der Waals surface area contributed by atoms with Crippen LogP contribution in [0.25, 0.3) is 0 Å². The molecule has 8 nitrogen and oxygen atoms in total. The number of nitrogens with zero attached hydrogens (tertiary/aromatic N) is 1. The van der Waals surface area contributed by atoms with Crippen LogP contribution in [0.5, 0.6) is 5.75 Å². The Balaban J connectivity index is 2.33. The van der Waals surface area contributed by atoms with Gasteiger partial charge >= 0.3 is 6.18 Å². The lowest BCUT2D eigenvalue weighted by Gasteiger charge is -2.18. The zero-order valence-corrected chi connectivity index (χ0v) is 16.9. The van der Waals surface area contributed by atoms with Gasteiger partial charge in [0.15, 0.2) is 11.4 Å². The van der Waals surface area contributed by atoms with Crippen LogP contribution in [0.3, 0.4) is 0 Å². The number of amides is 1.